The molecule has 148 valence electrons. The quantitative estimate of drug-likeness (QED) is 0.747. The third kappa shape index (κ3) is 5.25. The Morgan fingerprint density at radius 3 is 2.33 bits per heavy atom. The van der Waals surface area contributed by atoms with E-state index in [4.69, 9.17) is 14.2 Å². The zero-order chi connectivity index (χ0) is 20.2. The molecule has 0 aromatic heterocycles. The minimum absolute atomic E-state index is 0.0425. The summed E-state index contributed by atoms with van der Waals surface area (Å²) in [6, 6.07) is 7.57. The van der Waals surface area contributed by atoms with Crippen LogP contribution in [-0.2, 0) is 14.3 Å². The van der Waals surface area contributed by atoms with E-state index in [1.54, 1.807) is 18.9 Å². The van der Waals surface area contributed by atoms with Crippen LogP contribution in [0, 0.1) is 5.92 Å². The maximum absolute atomic E-state index is 12.6. The second-order valence-corrected chi connectivity index (χ2v) is 7.60. The van der Waals surface area contributed by atoms with Crippen molar-refractivity contribution in [3.63, 3.8) is 0 Å². The van der Waals surface area contributed by atoms with Crippen molar-refractivity contribution in [2.45, 2.75) is 40.2 Å². The van der Waals surface area contributed by atoms with Gasteiger partial charge in [-0.3, -0.25) is 0 Å². The fraction of sp³-hybridized carbons (Fsp3) is 0.524. The molecule has 0 saturated heterocycles. The van der Waals surface area contributed by atoms with Gasteiger partial charge in [-0.25, -0.2) is 9.59 Å². The highest BCUT2D eigenvalue weighted by Gasteiger charge is 2.34. The fourth-order valence-electron chi connectivity index (χ4n) is 3.15. The Kier molecular flexibility index (Phi) is 6.52. The van der Waals surface area contributed by atoms with E-state index in [1.165, 1.54) is 0 Å². The molecule has 2 rings (SSSR count). The topological polar surface area (TPSA) is 65.1 Å². The molecule has 1 aromatic carbocycles. The highest BCUT2D eigenvalue weighted by Crippen LogP contribution is 2.34. The molecule has 1 atom stereocenters. The van der Waals surface area contributed by atoms with Crippen molar-refractivity contribution in [3.8, 4) is 5.75 Å². The lowest BCUT2D eigenvalue weighted by Crippen LogP contribution is -2.44. The monoisotopic (exact) mass is 375 g/mol. The molecular weight excluding hydrogens is 346 g/mol. The number of hydrogen-bond donors (Lipinski definition) is 0. The molecule has 6 heteroatoms. The largest absolute Gasteiger partial charge is 0.497 e. The Balaban J connectivity index is 2.40. The number of amides is 1. The van der Waals surface area contributed by atoms with Gasteiger partial charge in [-0.1, -0.05) is 19.1 Å². The molecule has 0 saturated carbocycles. The van der Waals surface area contributed by atoms with Gasteiger partial charge in [0.1, 0.15) is 11.4 Å². The first kappa shape index (κ1) is 20.8. The van der Waals surface area contributed by atoms with E-state index in [-0.39, 0.29) is 19.1 Å². The van der Waals surface area contributed by atoms with Crippen LogP contribution in [0.3, 0.4) is 0 Å². The van der Waals surface area contributed by atoms with Crippen LogP contribution >= 0.6 is 0 Å². The molecule has 1 aliphatic rings. The van der Waals surface area contributed by atoms with E-state index in [9.17, 15) is 9.59 Å². The van der Waals surface area contributed by atoms with Crippen LogP contribution in [0.15, 0.2) is 29.8 Å². The summed E-state index contributed by atoms with van der Waals surface area (Å²) >= 11 is 0. The number of ether oxygens (including phenoxy) is 3. The molecular formula is C21H29NO5. The average molecular weight is 375 g/mol. The number of nitrogens with zero attached hydrogens (tertiary/aromatic N) is 1. The normalized spacial score (nSPS) is 17.6. The summed E-state index contributed by atoms with van der Waals surface area (Å²) in [5.41, 5.74) is 1.72. The molecule has 0 bridgehead atoms. The van der Waals surface area contributed by atoms with Gasteiger partial charge in [0, 0.05) is 12.5 Å². The van der Waals surface area contributed by atoms with Gasteiger partial charge in [-0.15, -0.1) is 0 Å². The van der Waals surface area contributed by atoms with Gasteiger partial charge in [-0.05, 0) is 51.0 Å². The molecule has 0 spiro atoms. The molecule has 1 aromatic rings. The van der Waals surface area contributed by atoms with E-state index in [0.717, 1.165) is 16.9 Å². The first-order valence-electron chi connectivity index (χ1n) is 9.18. The number of carbonyl (C=O) groups is 2. The second kappa shape index (κ2) is 8.46. The second-order valence-electron chi connectivity index (χ2n) is 7.60. The minimum Gasteiger partial charge on any atom is -0.497 e. The van der Waals surface area contributed by atoms with E-state index in [2.05, 4.69) is 0 Å². The maximum atomic E-state index is 12.6. The van der Waals surface area contributed by atoms with Crippen molar-refractivity contribution in [1.29, 1.82) is 0 Å². The summed E-state index contributed by atoms with van der Waals surface area (Å²) < 4.78 is 15.9. The standard InChI is InChI=1S/C21H29NO5/c1-7-26-19(23)17-13-22(20(24)27-21(3,4)5)12-14(2)18(17)15-8-10-16(25-6)11-9-15/h8-11,14H,7,12-13H2,1-6H3/t14-/m0/s1. The van der Waals surface area contributed by atoms with E-state index in [0.29, 0.717) is 12.1 Å². The van der Waals surface area contributed by atoms with Crippen LogP contribution in [0.4, 0.5) is 4.79 Å². The molecule has 0 N–H and O–H groups in total. The van der Waals surface area contributed by atoms with Gasteiger partial charge in [0.25, 0.3) is 0 Å². The van der Waals surface area contributed by atoms with Crippen molar-refractivity contribution in [2.75, 3.05) is 26.8 Å². The summed E-state index contributed by atoms with van der Waals surface area (Å²) in [7, 11) is 1.61. The first-order valence-corrected chi connectivity index (χ1v) is 9.18. The van der Waals surface area contributed by atoms with Gasteiger partial charge in [-0.2, -0.15) is 0 Å². The number of rotatable bonds is 4. The summed E-state index contributed by atoms with van der Waals surface area (Å²) in [6.45, 7) is 10.1. The first-order chi connectivity index (χ1) is 12.7. The predicted octanol–water partition coefficient (Wildman–Crippen LogP) is 3.90. The summed E-state index contributed by atoms with van der Waals surface area (Å²) in [5, 5.41) is 0. The zero-order valence-electron chi connectivity index (χ0n) is 17.0. The maximum Gasteiger partial charge on any atom is 0.410 e. The van der Waals surface area contributed by atoms with Crippen molar-refractivity contribution < 1.29 is 23.8 Å². The van der Waals surface area contributed by atoms with Crippen LogP contribution < -0.4 is 4.74 Å². The number of hydrogen-bond acceptors (Lipinski definition) is 5. The van der Waals surface area contributed by atoms with Gasteiger partial charge in [0.2, 0.25) is 0 Å². The molecule has 0 radical (unpaired) electrons. The van der Waals surface area contributed by atoms with Crippen molar-refractivity contribution in [3.05, 3.63) is 35.4 Å². The van der Waals surface area contributed by atoms with Crippen LogP contribution in [0.25, 0.3) is 5.57 Å². The predicted molar refractivity (Wildman–Crippen MR) is 104 cm³/mol. The Labute approximate surface area is 161 Å². The molecule has 1 aliphatic heterocycles. The van der Waals surface area contributed by atoms with Crippen molar-refractivity contribution >= 4 is 17.6 Å². The smallest absolute Gasteiger partial charge is 0.410 e. The molecule has 1 amide bonds. The lowest BCUT2D eigenvalue weighted by molar-refractivity contribution is -0.138. The van der Waals surface area contributed by atoms with E-state index in [1.807, 2.05) is 52.0 Å². The highest BCUT2D eigenvalue weighted by atomic mass is 16.6. The third-order valence-corrected chi connectivity index (χ3v) is 4.24. The number of esters is 1. The summed E-state index contributed by atoms with van der Waals surface area (Å²) in [5.74, 6) is 0.304. The zero-order valence-corrected chi connectivity index (χ0v) is 17.0. The lowest BCUT2D eigenvalue weighted by atomic mass is 9.86. The van der Waals surface area contributed by atoms with Crippen LogP contribution in [-0.4, -0.2) is 49.4 Å². The van der Waals surface area contributed by atoms with Crippen LogP contribution in [0.1, 0.15) is 40.2 Å². The Hall–Kier alpha value is -2.50. The van der Waals surface area contributed by atoms with E-state index >= 15 is 0 Å². The SMILES string of the molecule is CCOC(=O)C1=C(c2ccc(OC)cc2)[C@@H](C)CN(C(=O)OC(C)(C)C)C1. The molecule has 1 heterocycles. The Bertz CT molecular complexity index is 715. The van der Waals surface area contributed by atoms with Gasteiger partial charge >= 0.3 is 12.1 Å². The Morgan fingerprint density at radius 1 is 1.19 bits per heavy atom. The van der Waals surface area contributed by atoms with Crippen LogP contribution in [0.5, 0.6) is 5.75 Å². The van der Waals surface area contributed by atoms with Gasteiger partial charge in [0.15, 0.2) is 0 Å². The molecule has 0 aliphatic carbocycles. The van der Waals surface area contributed by atoms with Crippen molar-refractivity contribution in [2.24, 2.45) is 5.92 Å². The number of carbonyl (C=O) groups excluding carboxylic acids is 2. The van der Waals surface area contributed by atoms with Gasteiger partial charge < -0.3 is 19.1 Å². The summed E-state index contributed by atoms with van der Waals surface area (Å²) in [4.78, 5) is 26.7. The molecule has 0 unspecified atom stereocenters. The fourth-order valence-corrected chi connectivity index (χ4v) is 3.15. The minimum atomic E-state index is -0.593. The molecule has 6 nitrogen and oxygen atoms in total. The summed E-state index contributed by atoms with van der Waals surface area (Å²) in [6.07, 6.45) is -0.426. The molecule has 27 heavy (non-hydrogen) atoms. The van der Waals surface area contributed by atoms with Crippen LogP contribution in [0.2, 0.25) is 0 Å². The van der Waals surface area contributed by atoms with Crippen molar-refractivity contribution in [1.82, 2.24) is 4.90 Å². The molecule has 0 fully saturated rings. The van der Waals surface area contributed by atoms with Gasteiger partial charge in [0.05, 0.1) is 25.8 Å². The third-order valence-electron chi connectivity index (χ3n) is 4.24. The lowest BCUT2D eigenvalue weighted by Gasteiger charge is -2.35. The number of methoxy groups -OCH3 is 1. The average Bonchev–Trinajstić information content (AvgIpc) is 2.60. The Morgan fingerprint density at radius 2 is 1.81 bits per heavy atom. The number of benzene rings is 1. The van der Waals surface area contributed by atoms with E-state index < -0.39 is 17.7 Å². The highest BCUT2D eigenvalue weighted by molar-refractivity contribution is 5.99.